The minimum Gasteiger partial charge on any atom is -0.375 e. The average Bonchev–Trinajstić information content (AvgIpc) is 2.67. The lowest BCUT2D eigenvalue weighted by Gasteiger charge is -2.12. The van der Waals surface area contributed by atoms with Gasteiger partial charge < -0.3 is 5.73 Å². The fraction of sp³-hybridized carbons (Fsp3) is 0.308. The molecule has 0 unspecified atom stereocenters. The molecular formula is C13H16N2S. The molecule has 0 aliphatic heterocycles. The molecule has 84 valence electrons. The summed E-state index contributed by atoms with van der Waals surface area (Å²) in [6.45, 7) is 8.61. The Kier molecular flexibility index (Phi) is 2.72. The summed E-state index contributed by atoms with van der Waals surface area (Å²) in [4.78, 5) is 4.35. The molecule has 1 aromatic heterocycles. The van der Waals surface area contributed by atoms with Gasteiger partial charge in [-0.05, 0) is 56.0 Å². The molecule has 0 amide bonds. The number of thiazole rings is 1. The van der Waals surface area contributed by atoms with E-state index in [0.29, 0.717) is 5.13 Å². The van der Waals surface area contributed by atoms with E-state index in [1.807, 2.05) is 5.38 Å². The Balaban J connectivity index is 2.66. The van der Waals surface area contributed by atoms with Gasteiger partial charge in [-0.3, -0.25) is 0 Å². The van der Waals surface area contributed by atoms with Crippen LogP contribution in [-0.2, 0) is 0 Å². The van der Waals surface area contributed by atoms with E-state index in [4.69, 9.17) is 5.73 Å². The molecule has 16 heavy (non-hydrogen) atoms. The zero-order valence-electron chi connectivity index (χ0n) is 10.1. The van der Waals surface area contributed by atoms with Crippen molar-refractivity contribution in [3.63, 3.8) is 0 Å². The van der Waals surface area contributed by atoms with Crippen LogP contribution in [0, 0.1) is 27.7 Å². The summed E-state index contributed by atoms with van der Waals surface area (Å²) in [5.74, 6) is 0. The molecule has 0 saturated heterocycles. The van der Waals surface area contributed by atoms with Crippen LogP contribution in [0.25, 0.3) is 11.3 Å². The van der Waals surface area contributed by atoms with E-state index in [9.17, 15) is 0 Å². The lowest BCUT2D eigenvalue weighted by molar-refractivity contribution is 1.21. The van der Waals surface area contributed by atoms with Crippen molar-refractivity contribution >= 4 is 16.5 Å². The van der Waals surface area contributed by atoms with Gasteiger partial charge in [-0.2, -0.15) is 0 Å². The van der Waals surface area contributed by atoms with E-state index in [2.05, 4.69) is 38.7 Å². The number of aryl methyl sites for hydroxylation is 1. The van der Waals surface area contributed by atoms with Crippen molar-refractivity contribution in [3.05, 3.63) is 33.7 Å². The monoisotopic (exact) mass is 232 g/mol. The molecule has 2 rings (SSSR count). The first-order chi connectivity index (χ1) is 7.50. The van der Waals surface area contributed by atoms with Gasteiger partial charge in [0.2, 0.25) is 0 Å². The summed E-state index contributed by atoms with van der Waals surface area (Å²) in [5.41, 5.74) is 13.2. The molecule has 2 aromatic rings. The number of anilines is 1. The number of nitrogens with two attached hydrogens (primary N) is 1. The second-order valence-corrected chi connectivity index (χ2v) is 5.08. The standard InChI is InChI=1S/C13H16N2S/c1-7-5-11(10(4)9(3)8(7)2)12-6-16-13(14)15-12/h5-6H,1-4H3,(H2,14,15). The number of rotatable bonds is 1. The van der Waals surface area contributed by atoms with Gasteiger partial charge in [0, 0.05) is 10.9 Å². The van der Waals surface area contributed by atoms with Crippen LogP contribution in [0.1, 0.15) is 22.3 Å². The van der Waals surface area contributed by atoms with Gasteiger partial charge in [0.05, 0.1) is 5.69 Å². The van der Waals surface area contributed by atoms with E-state index in [1.165, 1.54) is 39.2 Å². The van der Waals surface area contributed by atoms with Crippen molar-refractivity contribution < 1.29 is 0 Å². The summed E-state index contributed by atoms with van der Waals surface area (Å²) >= 11 is 1.49. The minimum atomic E-state index is 0.630. The summed E-state index contributed by atoms with van der Waals surface area (Å²) < 4.78 is 0. The topological polar surface area (TPSA) is 38.9 Å². The Morgan fingerprint density at radius 1 is 1.06 bits per heavy atom. The summed E-state index contributed by atoms with van der Waals surface area (Å²) in [6, 6.07) is 2.20. The normalized spacial score (nSPS) is 10.8. The van der Waals surface area contributed by atoms with E-state index in [0.717, 1.165) is 5.69 Å². The molecule has 2 N–H and O–H groups in total. The Hall–Kier alpha value is -1.35. The lowest BCUT2D eigenvalue weighted by Crippen LogP contribution is -1.95. The van der Waals surface area contributed by atoms with Gasteiger partial charge in [-0.25, -0.2) is 4.98 Å². The molecule has 0 bridgehead atoms. The number of aromatic nitrogens is 1. The van der Waals surface area contributed by atoms with Gasteiger partial charge >= 0.3 is 0 Å². The van der Waals surface area contributed by atoms with Crippen LogP contribution in [0.4, 0.5) is 5.13 Å². The van der Waals surface area contributed by atoms with E-state index >= 15 is 0 Å². The second-order valence-electron chi connectivity index (χ2n) is 4.19. The van der Waals surface area contributed by atoms with E-state index in [1.54, 1.807) is 0 Å². The largest absolute Gasteiger partial charge is 0.375 e. The van der Waals surface area contributed by atoms with E-state index < -0.39 is 0 Å². The van der Waals surface area contributed by atoms with Crippen LogP contribution >= 0.6 is 11.3 Å². The van der Waals surface area contributed by atoms with Crippen LogP contribution in [-0.4, -0.2) is 4.98 Å². The zero-order chi connectivity index (χ0) is 11.9. The van der Waals surface area contributed by atoms with Crippen molar-refractivity contribution in [2.24, 2.45) is 0 Å². The summed E-state index contributed by atoms with van der Waals surface area (Å²) in [7, 11) is 0. The maximum absolute atomic E-state index is 5.68. The van der Waals surface area contributed by atoms with Gasteiger partial charge in [0.1, 0.15) is 0 Å². The first-order valence-electron chi connectivity index (χ1n) is 5.29. The molecule has 0 atom stereocenters. The fourth-order valence-electron chi connectivity index (χ4n) is 1.89. The molecule has 1 aromatic carbocycles. The van der Waals surface area contributed by atoms with Crippen LogP contribution in [0.3, 0.4) is 0 Å². The highest BCUT2D eigenvalue weighted by Gasteiger charge is 2.10. The molecule has 0 aliphatic rings. The predicted octanol–water partition coefficient (Wildman–Crippen LogP) is 3.63. The van der Waals surface area contributed by atoms with Crippen molar-refractivity contribution in [3.8, 4) is 11.3 Å². The molecule has 3 heteroatoms. The average molecular weight is 232 g/mol. The molecule has 0 fully saturated rings. The Bertz CT molecular complexity index is 541. The first kappa shape index (κ1) is 11.1. The van der Waals surface area contributed by atoms with E-state index in [-0.39, 0.29) is 0 Å². The number of hydrogen-bond acceptors (Lipinski definition) is 3. The lowest BCUT2D eigenvalue weighted by atomic mass is 9.93. The highest BCUT2D eigenvalue weighted by Crippen LogP contribution is 2.30. The fourth-order valence-corrected chi connectivity index (χ4v) is 2.45. The molecule has 0 spiro atoms. The Labute approximate surface area is 100 Å². The molecular weight excluding hydrogens is 216 g/mol. The third kappa shape index (κ3) is 1.71. The zero-order valence-corrected chi connectivity index (χ0v) is 10.9. The third-order valence-electron chi connectivity index (χ3n) is 3.28. The smallest absolute Gasteiger partial charge is 0.180 e. The van der Waals surface area contributed by atoms with Crippen LogP contribution in [0.15, 0.2) is 11.4 Å². The first-order valence-corrected chi connectivity index (χ1v) is 6.17. The maximum Gasteiger partial charge on any atom is 0.180 e. The third-order valence-corrected chi connectivity index (χ3v) is 3.95. The predicted molar refractivity (Wildman–Crippen MR) is 70.9 cm³/mol. The molecule has 0 radical (unpaired) electrons. The molecule has 0 aliphatic carbocycles. The van der Waals surface area contributed by atoms with Gasteiger partial charge in [-0.1, -0.05) is 0 Å². The van der Waals surface area contributed by atoms with Crippen molar-refractivity contribution in [1.82, 2.24) is 4.98 Å². The van der Waals surface area contributed by atoms with Crippen LogP contribution < -0.4 is 5.73 Å². The quantitative estimate of drug-likeness (QED) is 0.815. The van der Waals surface area contributed by atoms with Crippen molar-refractivity contribution in [1.29, 1.82) is 0 Å². The Morgan fingerprint density at radius 2 is 1.75 bits per heavy atom. The van der Waals surface area contributed by atoms with Crippen molar-refractivity contribution in [2.75, 3.05) is 5.73 Å². The van der Waals surface area contributed by atoms with Crippen LogP contribution in [0.2, 0.25) is 0 Å². The molecule has 1 heterocycles. The highest BCUT2D eigenvalue weighted by molar-refractivity contribution is 7.13. The number of nitrogens with zero attached hydrogens (tertiary/aromatic N) is 1. The van der Waals surface area contributed by atoms with Crippen molar-refractivity contribution in [2.45, 2.75) is 27.7 Å². The molecule has 2 nitrogen and oxygen atoms in total. The summed E-state index contributed by atoms with van der Waals surface area (Å²) in [6.07, 6.45) is 0. The summed E-state index contributed by atoms with van der Waals surface area (Å²) in [5, 5.41) is 2.65. The van der Waals surface area contributed by atoms with Gasteiger partial charge in [0.15, 0.2) is 5.13 Å². The number of hydrogen-bond donors (Lipinski definition) is 1. The molecule has 0 saturated carbocycles. The number of nitrogen functional groups attached to an aromatic ring is 1. The number of benzene rings is 1. The second kappa shape index (κ2) is 3.91. The Morgan fingerprint density at radius 3 is 2.31 bits per heavy atom. The van der Waals surface area contributed by atoms with Gasteiger partial charge in [-0.15, -0.1) is 11.3 Å². The SMILES string of the molecule is Cc1cc(-c2csc(N)n2)c(C)c(C)c1C. The van der Waals surface area contributed by atoms with Crippen LogP contribution in [0.5, 0.6) is 0 Å². The highest BCUT2D eigenvalue weighted by atomic mass is 32.1. The maximum atomic E-state index is 5.68. The minimum absolute atomic E-state index is 0.630. The van der Waals surface area contributed by atoms with Gasteiger partial charge in [0.25, 0.3) is 0 Å².